The minimum atomic E-state index is -0.415. The molecule has 0 spiro atoms. The van der Waals surface area contributed by atoms with Gasteiger partial charge in [0.1, 0.15) is 5.54 Å². The van der Waals surface area contributed by atoms with E-state index in [1.165, 1.54) is 25.7 Å². The highest BCUT2D eigenvalue weighted by Crippen LogP contribution is 2.37. The van der Waals surface area contributed by atoms with E-state index < -0.39 is 5.54 Å². The zero-order valence-electron chi connectivity index (χ0n) is 14.0. The number of hydrogen-bond acceptors (Lipinski definition) is 4. The van der Waals surface area contributed by atoms with Gasteiger partial charge >= 0.3 is 5.97 Å². The summed E-state index contributed by atoms with van der Waals surface area (Å²) < 4.78 is 5.38. The van der Waals surface area contributed by atoms with E-state index in [2.05, 4.69) is 24.1 Å². The van der Waals surface area contributed by atoms with Gasteiger partial charge in [-0.15, -0.1) is 0 Å². The lowest BCUT2D eigenvalue weighted by atomic mass is 9.96. The molecule has 0 amide bonds. The summed E-state index contributed by atoms with van der Waals surface area (Å²) in [6, 6.07) is 1.07. The fourth-order valence-corrected chi connectivity index (χ4v) is 3.55. The van der Waals surface area contributed by atoms with Gasteiger partial charge in [-0.2, -0.15) is 0 Å². The van der Waals surface area contributed by atoms with Gasteiger partial charge in [-0.25, -0.2) is 0 Å². The smallest absolute Gasteiger partial charge is 0.326 e. The van der Waals surface area contributed by atoms with E-state index >= 15 is 0 Å². The Bertz CT molecular complexity index is 344. The van der Waals surface area contributed by atoms with Gasteiger partial charge in [-0.05, 0) is 58.5 Å². The van der Waals surface area contributed by atoms with Gasteiger partial charge in [-0.3, -0.25) is 10.1 Å². The zero-order valence-corrected chi connectivity index (χ0v) is 14.0. The van der Waals surface area contributed by atoms with Crippen LogP contribution >= 0.6 is 0 Å². The molecule has 122 valence electrons. The third-order valence-corrected chi connectivity index (χ3v) is 4.93. The van der Waals surface area contributed by atoms with Gasteiger partial charge in [0.05, 0.1) is 6.61 Å². The summed E-state index contributed by atoms with van der Waals surface area (Å²) in [4.78, 5) is 15.1. The Morgan fingerprint density at radius 1 is 1.29 bits per heavy atom. The number of rotatable bonds is 9. The third kappa shape index (κ3) is 4.19. The lowest BCUT2D eigenvalue weighted by Crippen LogP contribution is -2.53. The lowest BCUT2D eigenvalue weighted by molar-refractivity contribution is -0.151. The second kappa shape index (κ2) is 7.59. The van der Waals surface area contributed by atoms with E-state index in [0.29, 0.717) is 18.7 Å². The predicted octanol–water partition coefficient (Wildman–Crippen LogP) is 2.71. The molecule has 0 heterocycles. The molecule has 0 radical (unpaired) electrons. The maximum absolute atomic E-state index is 12.5. The maximum atomic E-state index is 12.5. The standard InChI is InChI=1S/C17H32N2O2/c1-4-7-12-19(5-2)15-10-11-17(13-15,16(20)21-6-3)18-14-8-9-14/h14-15,18H,4-13H2,1-3H3. The number of nitrogens with zero attached hydrogens (tertiary/aromatic N) is 1. The summed E-state index contributed by atoms with van der Waals surface area (Å²) >= 11 is 0. The van der Waals surface area contributed by atoms with Crippen molar-refractivity contribution in [3.05, 3.63) is 0 Å². The number of esters is 1. The fraction of sp³-hybridized carbons (Fsp3) is 0.941. The molecule has 0 saturated heterocycles. The van der Waals surface area contributed by atoms with E-state index in [9.17, 15) is 4.79 Å². The summed E-state index contributed by atoms with van der Waals surface area (Å²) in [5.41, 5.74) is -0.415. The third-order valence-electron chi connectivity index (χ3n) is 4.93. The highest BCUT2D eigenvalue weighted by molar-refractivity contribution is 5.81. The topological polar surface area (TPSA) is 41.6 Å². The summed E-state index contributed by atoms with van der Waals surface area (Å²) in [5, 5.41) is 3.61. The first-order chi connectivity index (χ1) is 10.1. The number of hydrogen-bond donors (Lipinski definition) is 1. The van der Waals surface area contributed by atoms with Crippen LogP contribution in [0.4, 0.5) is 0 Å². The number of nitrogens with one attached hydrogen (secondary N) is 1. The highest BCUT2D eigenvalue weighted by atomic mass is 16.5. The first-order valence-corrected chi connectivity index (χ1v) is 8.84. The minimum Gasteiger partial charge on any atom is -0.465 e. The Morgan fingerprint density at radius 2 is 2.05 bits per heavy atom. The molecule has 4 heteroatoms. The average molecular weight is 296 g/mol. The van der Waals surface area contributed by atoms with Crippen LogP contribution in [0, 0.1) is 0 Å². The minimum absolute atomic E-state index is 0.0223. The zero-order chi connectivity index (χ0) is 15.3. The molecule has 2 atom stereocenters. The first kappa shape index (κ1) is 16.8. The molecule has 2 aliphatic carbocycles. The van der Waals surface area contributed by atoms with Crippen molar-refractivity contribution in [2.24, 2.45) is 0 Å². The van der Waals surface area contributed by atoms with Gasteiger partial charge < -0.3 is 9.64 Å². The molecule has 0 aromatic rings. The molecule has 21 heavy (non-hydrogen) atoms. The molecule has 0 aromatic carbocycles. The van der Waals surface area contributed by atoms with Crippen molar-refractivity contribution in [1.82, 2.24) is 10.2 Å². The predicted molar refractivity (Wildman–Crippen MR) is 85.3 cm³/mol. The van der Waals surface area contributed by atoms with E-state index in [-0.39, 0.29) is 5.97 Å². The van der Waals surface area contributed by atoms with Gasteiger partial charge in [0.2, 0.25) is 0 Å². The Morgan fingerprint density at radius 3 is 2.62 bits per heavy atom. The number of unbranched alkanes of at least 4 members (excludes halogenated alkanes) is 1. The molecule has 1 N–H and O–H groups in total. The summed E-state index contributed by atoms with van der Waals surface area (Å²) in [6.45, 7) is 9.07. The summed E-state index contributed by atoms with van der Waals surface area (Å²) in [5.74, 6) is -0.0223. The molecular weight excluding hydrogens is 264 g/mol. The highest BCUT2D eigenvalue weighted by Gasteiger charge is 2.49. The molecule has 2 rings (SSSR count). The van der Waals surface area contributed by atoms with Gasteiger partial charge in [-0.1, -0.05) is 20.3 Å². The molecule has 2 unspecified atom stereocenters. The second-order valence-corrected chi connectivity index (χ2v) is 6.60. The van der Waals surface area contributed by atoms with Crippen molar-refractivity contribution < 1.29 is 9.53 Å². The van der Waals surface area contributed by atoms with Crippen molar-refractivity contribution >= 4 is 5.97 Å². The van der Waals surface area contributed by atoms with Crippen LogP contribution in [0.25, 0.3) is 0 Å². The van der Waals surface area contributed by atoms with Crippen LogP contribution in [0.3, 0.4) is 0 Å². The van der Waals surface area contributed by atoms with E-state index in [0.717, 1.165) is 32.4 Å². The van der Waals surface area contributed by atoms with Crippen molar-refractivity contribution in [3.63, 3.8) is 0 Å². The Hall–Kier alpha value is -0.610. The molecule has 0 aliphatic heterocycles. The molecule has 4 nitrogen and oxygen atoms in total. The van der Waals surface area contributed by atoms with Crippen molar-refractivity contribution in [3.8, 4) is 0 Å². The SMILES string of the molecule is CCCCN(CC)C1CCC(NC2CC2)(C(=O)OCC)C1. The van der Waals surface area contributed by atoms with Crippen molar-refractivity contribution in [1.29, 1.82) is 0 Å². The van der Waals surface area contributed by atoms with Crippen molar-refractivity contribution in [2.45, 2.75) is 83.3 Å². The molecule has 2 saturated carbocycles. The average Bonchev–Trinajstić information content (AvgIpc) is 3.18. The van der Waals surface area contributed by atoms with Gasteiger partial charge in [0.25, 0.3) is 0 Å². The molecule has 2 aliphatic rings. The van der Waals surface area contributed by atoms with Crippen LogP contribution in [0.1, 0.15) is 65.7 Å². The summed E-state index contributed by atoms with van der Waals surface area (Å²) in [7, 11) is 0. The largest absolute Gasteiger partial charge is 0.465 e. The second-order valence-electron chi connectivity index (χ2n) is 6.60. The maximum Gasteiger partial charge on any atom is 0.326 e. The lowest BCUT2D eigenvalue weighted by Gasteiger charge is -2.31. The van der Waals surface area contributed by atoms with E-state index in [1.807, 2.05) is 6.92 Å². The number of carbonyl (C=O) groups excluding carboxylic acids is 1. The van der Waals surface area contributed by atoms with Crippen LogP contribution in [-0.2, 0) is 9.53 Å². The quantitative estimate of drug-likeness (QED) is 0.664. The van der Waals surface area contributed by atoms with Gasteiger partial charge in [0, 0.05) is 12.1 Å². The molecule has 2 fully saturated rings. The van der Waals surface area contributed by atoms with E-state index in [1.54, 1.807) is 0 Å². The molecule has 0 aromatic heterocycles. The van der Waals surface area contributed by atoms with Crippen LogP contribution < -0.4 is 5.32 Å². The van der Waals surface area contributed by atoms with E-state index in [4.69, 9.17) is 4.74 Å². The van der Waals surface area contributed by atoms with Crippen LogP contribution in [-0.4, -0.2) is 48.2 Å². The Labute approximate surface area is 129 Å². The van der Waals surface area contributed by atoms with Crippen LogP contribution in [0.2, 0.25) is 0 Å². The number of carbonyl (C=O) groups is 1. The van der Waals surface area contributed by atoms with Crippen LogP contribution in [0.5, 0.6) is 0 Å². The molecular formula is C17H32N2O2. The fourth-order valence-electron chi connectivity index (χ4n) is 3.55. The summed E-state index contributed by atoms with van der Waals surface area (Å²) in [6.07, 6.45) is 7.84. The van der Waals surface area contributed by atoms with Crippen molar-refractivity contribution in [2.75, 3.05) is 19.7 Å². The number of ether oxygens (including phenoxy) is 1. The normalized spacial score (nSPS) is 29.0. The first-order valence-electron chi connectivity index (χ1n) is 8.84. The van der Waals surface area contributed by atoms with Crippen LogP contribution in [0.15, 0.2) is 0 Å². The molecule has 0 bridgehead atoms. The Balaban J connectivity index is 2.00. The van der Waals surface area contributed by atoms with Gasteiger partial charge in [0.15, 0.2) is 0 Å². The monoisotopic (exact) mass is 296 g/mol. The Kier molecular flexibility index (Phi) is 6.06.